The first-order chi connectivity index (χ1) is 8.91. The summed E-state index contributed by atoms with van der Waals surface area (Å²) in [6, 6.07) is -0.634. The second kappa shape index (κ2) is 5.51. The highest BCUT2D eigenvalue weighted by atomic mass is 16.2. The van der Waals surface area contributed by atoms with Crippen LogP contribution in [0.1, 0.15) is 47.0 Å². The fourth-order valence-electron chi connectivity index (χ4n) is 3.03. The van der Waals surface area contributed by atoms with Gasteiger partial charge in [0.2, 0.25) is 11.8 Å². The van der Waals surface area contributed by atoms with Gasteiger partial charge in [0.05, 0.1) is 0 Å². The van der Waals surface area contributed by atoms with Crippen molar-refractivity contribution in [3.63, 3.8) is 0 Å². The maximum Gasteiger partial charge on any atom is 0.246 e. The van der Waals surface area contributed by atoms with E-state index in [4.69, 9.17) is 0 Å². The lowest BCUT2D eigenvalue weighted by molar-refractivity contribution is -0.153. The number of hydrogen-bond acceptors (Lipinski definition) is 2. The van der Waals surface area contributed by atoms with Crippen LogP contribution < -0.4 is 5.32 Å². The van der Waals surface area contributed by atoms with Crippen molar-refractivity contribution >= 4 is 11.8 Å². The first-order valence-corrected chi connectivity index (χ1v) is 7.52. The van der Waals surface area contributed by atoms with Crippen molar-refractivity contribution in [1.29, 1.82) is 0 Å². The molecule has 2 atom stereocenters. The third-order valence-corrected chi connectivity index (χ3v) is 4.43. The van der Waals surface area contributed by atoms with Gasteiger partial charge in [-0.25, -0.2) is 0 Å². The van der Waals surface area contributed by atoms with Gasteiger partial charge >= 0.3 is 0 Å². The fourth-order valence-corrected chi connectivity index (χ4v) is 3.03. The van der Waals surface area contributed by atoms with E-state index in [0.29, 0.717) is 5.92 Å². The zero-order valence-electron chi connectivity index (χ0n) is 12.5. The minimum absolute atomic E-state index is 0.0209. The Balaban J connectivity index is 2.18. The van der Waals surface area contributed by atoms with Gasteiger partial charge in [-0.2, -0.15) is 0 Å². The highest BCUT2D eigenvalue weighted by molar-refractivity contribution is 5.97. The number of carbonyl (C=O) groups is 2. The molecular formula is C15H26N2O2. The average molecular weight is 266 g/mol. The van der Waals surface area contributed by atoms with Crippen molar-refractivity contribution < 1.29 is 9.59 Å². The Kier molecular flexibility index (Phi) is 4.16. The lowest BCUT2D eigenvalue weighted by Gasteiger charge is -2.44. The average Bonchev–Trinajstić information content (AvgIpc) is 2.25. The second-order valence-electron chi connectivity index (χ2n) is 6.71. The third kappa shape index (κ3) is 2.77. The summed E-state index contributed by atoms with van der Waals surface area (Å²) >= 11 is 0. The molecule has 0 radical (unpaired) electrons. The van der Waals surface area contributed by atoms with E-state index in [1.165, 1.54) is 19.3 Å². The first-order valence-electron chi connectivity index (χ1n) is 7.52. The Hall–Kier alpha value is -1.06. The van der Waals surface area contributed by atoms with Crippen molar-refractivity contribution in [3.05, 3.63) is 0 Å². The fraction of sp³-hybridized carbons (Fsp3) is 0.867. The molecule has 0 aromatic carbocycles. The van der Waals surface area contributed by atoms with Crippen LogP contribution in [0.3, 0.4) is 0 Å². The molecule has 2 aliphatic rings. The highest BCUT2D eigenvalue weighted by Gasteiger charge is 2.43. The maximum atomic E-state index is 12.6. The number of rotatable bonds is 4. The van der Waals surface area contributed by atoms with Crippen LogP contribution in [-0.2, 0) is 9.59 Å². The smallest absolute Gasteiger partial charge is 0.246 e. The molecule has 2 amide bonds. The SMILES string of the molecule is CC(C)C1NC(=O)C(C(C)C)N(CC2CCC2)C1=O. The van der Waals surface area contributed by atoms with Crippen molar-refractivity contribution in [2.75, 3.05) is 6.54 Å². The molecule has 1 heterocycles. The summed E-state index contributed by atoms with van der Waals surface area (Å²) in [6.07, 6.45) is 3.66. The molecule has 19 heavy (non-hydrogen) atoms. The summed E-state index contributed by atoms with van der Waals surface area (Å²) in [5.74, 6) is 1.04. The lowest BCUT2D eigenvalue weighted by atomic mass is 9.83. The topological polar surface area (TPSA) is 49.4 Å². The van der Waals surface area contributed by atoms with Gasteiger partial charge in [-0.3, -0.25) is 9.59 Å². The number of carbonyl (C=O) groups excluding carboxylic acids is 2. The molecule has 1 N–H and O–H groups in total. The normalized spacial score (nSPS) is 28.8. The van der Waals surface area contributed by atoms with Crippen molar-refractivity contribution in [1.82, 2.24) is 10.2 Å². The van der Waals surface area contributed by atoms with Gasteiger partial charge in [-0.05, 0) is 30.6 Å². The summed E-state index contributed by atoms with van der Waals surface area (Å²) in [5.41, 5.74) is 0. The maximum absolute atomic E-state index is 12.6. The lowest BCUT2D eigenvalue weighted by Crippen LogP contribution is -2.66. The number of piperazine rings is 1. The number of amides is 2. The molecule has 4 nitrogen and oxygen atoms in total. The summed E-state index contributed by atoms with van der Waals surface area (Å²) in [5, 5.41) is 2.91. The quantitative estimate of drug-likeness (QED) is 0.843. The Bertz CT molecular complexity index is 361. The van der Waals surface area contributed by atoms with Crippen molar-refractivity contribution in [2.45, 2.75) is 59.0 Å². The van der Waals surface area contributed by atoms with Gasteiger partial charge in [0.15, 0.2) is 0 Å². The van der Waals surface area contributed by atoms with E-state index in [0.717, 1.165) is 6.54 Å². The van der Waals surface area contributed by atoms with Crippen LogP contribution in [0.25, 0.3) is 0 Å². The van der Waals surface area contributed by atoms with Crippen LogP contribution in [0.4, 0.5) is 0 Å². The molecule has 1 aliphatic carbocycles. The number of nitrogens with zero attached hydrogens (tertiary/aromatic N) is 1. The molecule has 0 aromatic rings. The molecule has 1 saturated heterocycles. The standard InChI is InChI=1S/C15H26N2O2/c1-9(2)12-15(19)17(8-11-6-5-7-11)13(10(3)4)14(18)16-12/h9-13H,5-8H2,1-4H3,(H,16,18). The first kappa shape index (κ1) is 14.4. The minimum Gasteiger partial charge on any atom is -0.342 e. The van der Waals surface area contributed by atoms with Crippen LogP contribution in [0, 0.1) is 17.8 Å². The van der Waals surface area contributed by atoms with Crippen LogP contribution in [-0.4, -0.2) is 35.3 Å². The third-order valence-electron chi connectivity index (χ3n) is 4.43. The number of nitrogens with one attached hydrogen (secondary N) is 1. The Morgan fingerprint density at radius 3 is 2.21 bits per heavy atom. The van der Waals surface area contributed by atoms with Gasteiger partial charge in [0.1, 0.15) is 12.1 Å². The zero-order valence-corrected chi connectivity index (χ0v) is 12.5. The van der Waals surface area contributed by atoms with Gasteiger partial charge in [0, 0.05) is 6.54 Å². The van der Waals surface area contributed by atoms with Crippen molar-refractivity contribution in [2.24, 2.45) is 17.8 Å². The van der Waals surface area contributed by atoms with E-state index >= 15 is 0 Å². The van der Waals surface area contributed by atoms with E-state index in [1.54, 1.807) is 0 Å². The second-order valence-corrected chi connectivity index (χ2v) is 6.71. The molecular weight excluding hydrogens is 240 g/mol. The molecule has 0 bridgehead atoms. The zero-order chi connectivity index (χ0) is 14.2. The van der Waals surface area contributed by atoms with E-state index in [2.05, 4.69) is 5.32 Å². The Morgan fingerprint density at radius 2 is 1.79 bits per heavy atom. The Labute approximate surface area is 115 Å². The van der Waals surface area contributed by atoms with Gasteiger partial charge < -0.3 is 10.2 Å². The van der Waals surface area contributed by atoms with E-state index in [1.807, 2.05) is 32.6 Å². The van der Waals surface area contributed by atoms with Crippen LogP contribution in [0.2, 0.25) is 0 Å². The summed E-state index contributed by atoms with van der Waals surface area (Å²) in [6.45, 7) is 8.76. The molecule has 1 aliphatic heterocycles. The number of hydrogen-bond donors (Lipinski definition) is 1. The summed E-state index contributed by atoms with van der Waals surface area (Å²) in [4.78, 5) is 26.8. The summed E-state index contributed by atoms with van der Waals surface area (Å²) in [7, 11) is 0. The molecule has 2 fully saturated rings. The molecule has 0 spiro atoms. The van der Waals surface area contributed by atoms with E-state index in [-0.39, 0.29) is 35.7 Å². The van der Waals surface area contributed by atoms with Crippen molar-refractivity contribution in [3.8, 4) is 0 Å². The monoisotopic (exact) mass is 266 g/mol. The highest BCUT2D eigenvalue weighted by Crippen LogP contribution is 2.30. The summed E-state index contributed by atoms with van der Waals surface area (Å²) < 4.78 is 0. The van der Waals surface area contributed by atoms with Crippen LogP contribution in [0.5, 0.6) is 0 Å². The predicted octanol–water partition coefficient (Wildman–Crippen LogP) is 1.79. The van der Waals surface area contributed by atoms with Gasteiger partial charge in [0.25, 0.3) is 0 Å². The van der Waals surface area contributed by atoms with Crippen LogP contribution in [0.15, 0.2) is 0 Å². The predicted molar refractivity (Wildman–Crippen MR) is 74.4 cm³/mol. The molecule has 4 heteroatoms. The van der Waals surface area contributed by atoms with Gasteiger partial charge in [-0.15, -0.1) is 0 Å². The van der Waals surface area contributed by atoms with Crippen LogP contribution >= 0.6 is 0 Å². The Morgan fingerprint density at radius 1 is 1.16 bits per heavy atom. The molecule has 108 valence electrons. The molecule has 1 saturated carbocycles. The minimum atomic E-state index is -0.345. The largest absolute Gasteiger partial charge is 0.342 e. The van der Waals surface area contributed by atoms with Gasteiger partial charge in [-0.1, -0.05) is 34.1 Å². The molecule has 0 aromatic heterocycles. The molecule has 2 unspecified atom stereocenters. The van der Waals surface area contributed by atoms with E-state index in [9.17, 15) is 9.59 Å². The molecule has 2 rings (SSSR count). The van der Waals surface area contributed by atoms with E-state index < -0.39 is 0 Å².